The third-order valence-corrected chi connectivity index (χ3v) is 5.78. The number of nitrogens with zero attached hydrogens (tertiary/aromatic N) is 3. The third-order valence-electron chi connectivity index (χ3n) is 5.78. The molecule has 0 aliphatic heterocycles. The highest BCUT2D eigenvalue weighted by Gasteiger charge is 2.07. The van der Waals surface area contributed by atoms with Gasteiger partial charge < -0.3 is 35.2 Å². The molecule has 0 saturated heterocycles. The second-order valence-electron chi connectivity index (χ2n) is 8.61. The number of unbranched alkanes of at least 4 members (excludes halogenated alkanes) is 2. The van der Waals surface area contributed by atoms with E-state index in [2.05, 4.69) is 15.0 Å². The first kappa shape index (κ1) is 29.8. The van der Waals surface area contributed by atoms with Gasteiger partial charge in [-0.1, -0.05) is 24.3 Å². The fourth-order valence-electron chi connectivity index (χ4n) is 3.74. The van der Waals surface area contributed by atoms with Crippen molar-refractivity contribution in [3.05, 3.63) is 65.0 Å². The Labute approximate surface area is 235 Å². The summed E-state index contributed by atoms with van der Waals surface area (Å²) in [6.45, 7) is 1.07. The van der Waals surface area contributed by atoms with E-state index in [-0.39, 0.29) is 5.96 Å². The number of hydrogen-bond acceptors (Lipinski definition) is 8. The first-order valence-electron chi connectivity index (χ1n) is 12.8. The Morgan fingerprint density at radius 2 is 1.20 bits per heavy atom. The monoisotopic (exact) mass is 547 g/mol. The van der Waals surface area contributed by atoms with Crippen LogP contribution in [0.15, 0.2) is 47.5 Å². The van der Waals surface area contributed by atoms with Gasteiger partial charge in [-0.2, -0.15) is 9.97 Å². The first-order chi connectivity index (χ1) is 19.4. The van der Waals surface area contributed by atoms with Gasteiger partial charge in [0.15, 0.2) is 29.0 Å². The van der Waals surface area contributed by atoms with Crippen LogP contribution in [0.1, 0.15) is 41.8 Å². The molecule has 4 N–H and O–H groups in total. The molecule has 3 rings (SSSR count). The molecule has 0 atom stereocenters. The summed E-state index contributed by atoms with van der Waals surface area (Å²) in [5.41, 5.74) is 14.0. The van der Waals surface area contributed by atoms with E-state index >= 15 is 0 Å². The molecule has 212 valence electrons. The number of benzene rings is 2. The van der Waals surface area contributed by atoms with Crippen LogP contribution in [0.4, 0.5) is 0 Å². The molecular formula is C30H37N5O5. The summed E-state index contributed by atoms with van der Waals surface area (Å²) in [5.74, 6) is 2.73. The van der Waals surface area contributed by atoms with E-state index in [1.54, 1.807) is 28.4 Å². The largest absolute Gasteiger partial charge is 0.493 e. The molecule has 0 fully saturated rings. The average molecular weight is 548 g/mol. The summed E-state index contributed by atoms with van der Waals surface area (Å²) < 4.78 is 27.4. The molecule has 0 bridgehead atoms. The minimum Gasteiger partial charge on any atom is -0.493 e. The van der Waals surface area contributed by atoms with E-state index in [0.717, 1.165) is 30.4 Å². The molecule has 0 radical (unpaired) electrons. The molecule has 10 nitrogen and oxygen atoms in total. The van der Waals surface area contributed by atoms with E-state index in [0.29, 0.717) is 53.5 Å². The number of guanidine groups is 1. The van der Waals surface area contributed by atoms with Gasteiger partial charge in [0, 0.05) is 6.54 Å². The van der Waals surface area contributed by atoms with Crippen molar-refractivity contribution in [2.24, 2.45) is 16.5 Å². The van der Waals surface area contributed by atoms with Crippen molar-refractivity contribution in [2.45, 2.75) is 19.3 Å². The summed E-state index contributed by atoms with van der Waals surface area (Å²) in [6, 6.07) is 13.6. The van der Waals surface area contributed by atoms with Crippen LogP contribution >= 0.6 is 0 Å². The van der Waals surface area contributed by atoms with E-state index in [1.807, 2.05) is 66.8 Å². The quantitative estimate of drug-likeness (QED) is 0.158. The number of rotatable bonds is 15. The fourth-order valence-corrected chi connectivity index (χ4v) is 3.74. The second kappa shape index (κ2) is 15.6. The van der Waals surface area contributed by atoms with E-state index in [9.17, 15) is 0 Å². The van der Waals surface area contributed by atoms with E-state index in [1.165, 1.54) is 0 Å². The van der Waals surface area contributed by atoms with Gasteiger partial charge in [0.05, 0.1) is 46.4 Å². The Bertz CT molecular complexity index is 1250. The molecule has 1 heterocycles. The maximum absolute atomic E-state index is 5.90. The highest BCUT2D eigenvalue weighted by Crippen LogP contribution is 2.29. The molecule has 0 spiro atoms. The van der Waals surface area contributed by atoms with Crippen LogP contribution in [0.3, 0.4) is 0 Å². The summed E-state index contributed by atoms with van der Waals surface area (Å²) in [5, 5.41) is 0. The maximum Gasteiger partial charge on any atom is 0.317 e. The third kappa shape index (κ3) is 9.23. The lowest BCUT2D eigenvalue weighted by Crippen LogP contribution is -2.22. The summed E-state index contributed by atoms with van der Waals surface area (Å²) in [7, 11) is 6.43. The molecule has 0 aliphatic carbocycles. The highest BCUT2D eigenvalue weighted by molar-refractivity contribution is 5.75. The van der Waals surface area contributed by atoms with Crippen molar-refractivity contribution in [1.29, 1.82) is 0 Å². The molecule has 2 aromatic carbocycles. The number of aromatic nitrogens is 2. The molecule has 0 unspecified atom stereocenters. The Hall–Kier alpha value is -4.73. The standard InChI is InChI=1S/C30H37N5O5/c1-36-25-14-10-21(18-27(25)38-3)8-12-23-20-24(13-9-22-11-15-26(37-2)28(19-22)39-4)35-30(34-23)40-17-7-5-6-16-33-29(31)32/h8-15,18-20H,5-7,16-17H2,1-4H3,(H4,31,32,33). The van der Waals surface area contributed by atoms with Crippen molar-refractivity contribution in [3.8, 4) is 29.0 Å². The zero-order valence-corrected chi connectivity index (χ0v) is 23.4. The van der Waals surface area contributed by atoms with Crippen molar-refractivity contribution in [1.82, 2.24) is 9.97 Å². The van der Waals surface area contributed by atoms with Gasteiger partial charge in [0.1, 0.15) is 0 Å². The Morgan fingerprint density at radius 1 is 0.675 bits per heavy atom. The van der Waals surface area contributed by atoms with Gasteiger partial charge in [0.2, 0.25) is 0 Å². The summed E-state index contributed by atoms with van der Waals surface area (Å²) >= 11 is 0. The fraction of sp³-hybridized carbons (Fsp3) is 0.300. The molecule has 0 saturated carbocycles. The highest BCUT2D eigenvalue weighted by atomic mass is 16.5. The molecule has 0 aliphatic rings. The van der Waals surface area contributed by atoms with Crippen LogP contribution in [0, 0.1) is 0 Å². The van der Waals surface area contributed by atoms with Crippen LogP contribution in [-0.4, -0.2) is 57.5 Å². The zero-order valence-electron chi connectivity index (χ0n) is 23.4. The molecule has 0 amide bonds. The minimum atomic E-state index is 0.108. The number of aliphatic imine (C=N–C) groups is 1. The number of hydrogen-bond donors (Lipinski definition) is 2. The molecule has 10 heteroatoms. The molecule has 40 heavy (non-hydrogen) atoms. The van der Waals surface area contributed by atoms with Crippen LogP contribution in [0.2, 0.25) is 0 Å². The van der Waals surface area contributed by atoms with Gasteiger partial charge >= 0.3 is 6.01 Å². The summed E-state index contributed by atoms with van der Waals surface area (Å²) in [4.78, 5) is 13.2. The lowest BCUT2D eigenvalue weighted by Gasteiger charge is -2.08. The predicted octanol–water partition coefficient (Wildman–Crippen LogP) is 4.67. The van der Waals surface area contributed by atoms with Crippen molar-refractivity contribution >= 4 is 30.3 Å². The SMILES string of the molecule is COc1ccc(C=Cc2cc(C=Cc3ccc(OC)c(OC)c3)nc(OCCCCCN=C(N)N)n2)cc1OC. The molecule has 1 aromatic heterocycles. The van der Waals surface area contributed by atoms with Gasteiger partial charge in [0.25, 0.3) is 0 Å². The lowest BCUT2D eigenvalue weighted by atomic mass is 10.1. The number of nitrogens with two attached hydrogens (primary N) is 2. The summed E-state index contributed by atoms with van der Waals surface area (Å²) in [6.07, 6.45) is 10.3. The van der Waals surface area contributed by atoms with Crippen molar-refractivity contribution in [2.75, 3.05) is 41.6 Å². The van der Waals surface area contributed by atoms with Crippen molar-refractivity contribution < 1.29 is 23.7 Å². The van der Waals surface area contributed by atoms with Gasteiger partial charge in [-0.05, 0) is 72.9 Å². The second-order valence-corrected chi connectivity index (χ2v) is 8.61. The molecule has 3 aromatic rings. The van der Waals surface area contributed by atoms with Gasteiger partial charge in [-0.3, -0.25) is 4.99 Å². The topological polar surface area (TPSA) is 136 Å². The predicted molar refractivity (Wildman–Crippen MR) is 159 cm³/mol. The van der Waals surface area contributed by atoms with Crippen LogP contribution < -0.4 is 35.2 Å². The Morgan fingerprint density at radius 3 is 1.68 bits per heavy atom. The minimum absolute atomic E-state index is 0.108. The van der Waals surface area contributed by atoms with Crippen LogP contribution in [0.5, 0.6) is 29.0 Å². The first-order valence-corrected chi connectivity index (χ1v) is 12.8. The average Bonchev–Trinajstić information content (AvgIpc) is 2.97. The molecular weight excluding hydrogens is 510 g/mol. The van der Waals surface area contributed by atoms with Gasteiger partial charge in [-0.25, -0.2) is 0 Å². The maximum atomic E-state index is 5.90. The van der Waals surface area contributed by atoms with Crippen LogP contribution in [0.25, 0.3) is 24.3 Å². The van der Waals surface area contributed by atoms with Crippen molar-refractivity contribution in [3.63, 3.8) is 0 Å². The van der Waals surface area contributed by atoms with E-state index < -0.39 is 0 Å². The Kier molecular flexibility index (Phi) is 11.6. The van der Waals surface area contributed by atoms with E-state index in [4.69, 9.17) is 35.2 Å². The van der Waals surface area contributed by atoms with Gasteiger partial charge in [-0.15, -0.1) is 0 Å². The normalized spacial score (nSPS) is 11.0. The number of ether oxygens (including phenoxy) is 5. The lowest BCUT2D eigenvalue weighted by molar-refractivity contribution is 0.282. The zero-order chi connectivity index (χ0) is 28.7. The Balaban J connectivity index is 1.80. The smallest absolute Gasteiger partial charge is 0.317 e. The van der Waals surface area contributed by atoms with Crippen LogP contribution in [-0.2, 0) is 0 Å². The number of methoxy groups -OCH3 is 4.